The molecule has 0 atom stereocenters. The van der Waals surface area contributed by atoms with Crippen LogP contribution in [0.5, 0.6) is 5.75 Å². The summed E-state index contributed by atoms with van der Waals surface area (Å²) in [5.74, 6) is 0.245. The summed E-state index contributed by atoms with van der Waals surface area (Å²) in [6, 6.07) is 7.12. The van der Waals surface area contributed by atoms with Crippen LogP contribution in [0.3, 0.4) is 0 Å². The van der Waals surface area contributed by atoms with Crippen molar-refractivity contribution in [3.05, 3.63) is 35.9 Å². The molecular weight excluding hydrogens is 162 g/mol. The van der Waals surface area contributed by atoms with Gasteiger partial charge in [0.05, 0.1) is 5.70 Å². The molecule has 0 bridgehead atoms. The van der Waals surface area contributed by atoms with E-state index >= 15 is 0 Å². The zero-order valence-electron chi connectivity index (χ0n) is 7.70. The Labute approximate surface area is 78.3 Å². The maximum absolute atomic E-state index is 9.51. The molecule has 0 aliphatic carbocycles. The number of nitrogens with zero attached hydrogens (tertiary/aromatic N) is 1. The monoisotopic (exact) mass is 175 g/mol. The van der Waals surface area contributed by atoms with E-state index in [1.165, 1.54) is 0 Å². The molecule has 1 aromatic rings. The number of hydrogen-bond donors (Lipinski definition) is 1. The highest BCUT2D eigenvalue weighted by atomic mass is 16.3. The first-order valence-electron chi connectivity index (χ1n) is 4.24. The Kier molecular flexibility index (Phi) is 3.26. The van der Waals surface area contributed by atoms with Crippen molar-refractivity contribution in [1.82, 2.24) is 0 Å². The Morgan fingerprint density at radius 3 is 2.77 bits per heavy atom. The first kappa shape index (κ1) is 9.52. The highest BCUT2D eigenvalue weighted by Crippen LogP contribution is 2.25. The number of phenolic OH excluding ortho intramolecular Hbond substituents is 1. The largest absolute Gasteiger partial charge is 0.507 e. The van der Waals surface area contributed by atoms with Crippen LogP contribution in [0.4, 0.5) is 0 Å². The van der Waals surface area contributed by atoms with E-state index in [1.807, 2.05) is 25.1 Å². The Balaban J connectivity index is 3.12. The van der Waals surface area contributed by atoms with Gasteiger partial charge < -0.3 is 5.11 Å². The fraction of sp³-hybridized carbons (Fsp3) is 0.182. The highest BCUT2D eigenvalue weighted by molar-refractivity contribution is 5.71. The minimum absolute atomic E-state index is 0.245. The number of aliphatic imine (C=N–C) groups is 1. The molecule has 0 aromatic heterocycles. The van der Waals surface area contributed by atoms with Gasteiger partial charge in [-0.3, -0.25) is 4.99 Å². The number of benzene rings is 1. The molecule has 0 saturated heterocycles. The van der Waals surface area contributed by atoms with Crippen molar-refractivity contribution in [3.63, 3.8) is 0 Å². The fourth-order valence-electron chi connectivity index (χ4n) is 1.14. The molecular formula is C11H13NO. The average molecular weight is 175 g/mol. The van der Waals surface area contributed by atoms with Crippen molar-refractivity contribution in [2.45, 2.75) is 13.3 Å². The van der Waals surface area contributed by atoms with E-state index in [1.54, 1.807) is 12.1 Å². The summed E-state index contributed by atoms with van der Waals surface area (Å²) in [5.41, 5.74) is 1.47. The first-order chi connectivity index (χ1) is 6.29. The van der Waals surface area contributed by atoms with Crippen LogP contribution in [0.25, 0.3) is 5.70 Å². The molecule has 0 aliphatic heterocycles. The van der Waals surface area contributed by atoms with Gasteiger partial charge in [-0.15, -0.1) is 0 Å². The zero-order chi connectivity index (χ0) is 9.68. The molecule has 0 heterocycles. The lowest BCUT2D eigenvalue weighted by Crippen LogP contribution is -1.81. The van der Waals surface area contributed by atoms with E-state index in [0.717, 1.165) is 17.7 Å². The summed E-state index contributed by atoms with van der Waals surface area (Å²) in [6.07, 6.45) is 2.81. The van der Waals surface area contributed by atoms with Crippen molar-refractivity contribution in [1.29, 1.82) is 0 Å². The van der Waals surface area contributed by atoms with Gasteiger partial charge in [0.15, 0.2) is 0 Å². The van der Waals surface area contributed by atoms with Gasteiger partial charge in [0.1, 0.15) is 5.75 Å². The summed E-state index contributed by atoms with van der Waals surface area (Å²) < 4.78 is 0. The second kappa shape index (κ2) is 4.45. The van der Waals surface area contributed by atoms with Crippen molar-refractivity contribution < 1.29 is 5.11 Å². The quantitative estimate of drug-likeness (QED) is 0.704. The van der Waals surface area contributed by atoms with E-state index in [4.69, 9.17) is 0 Å². The van der Waals surface area contributed by atoms with E-state index in [-0.39, 0.29) is 5.75 Å². The third-order valence-corrected chi connectivity index (χ3v) is 1.75. The van der Waals surface area contributed by atoms with Gasteiger partial charge in [0.25, 0.3) is 0 Å². The van der Waals surface area contributed by atoms with Crippen molar-refractivity contribution >= 4 is 12.4 Å². The average Bonchev–Trinajstić information content (AvgIpc) is 2.16. The van der Waals surface area contributed by atoms with E-state index in [0.29, 0.717) is 0 Å². The van der Waals surface area contributed by atoms with Crippen LogP contribution in [0, 0.1) is 0 Å². The van der Waals surface area contributed by atoms with Crippen molar-refractivity contribution in [2.75, 3.05) is 0 Å². The predicted molar refractivity (Wildman–Crippen MR) is 55.9 cm³/mol. The number of allylic oxidation sites excluding steroid dienone is 1. The molecule has 1 N–H and O–H groups in total. The maximum Gasteiger partial charge on any atom is 0.124 e. The van der Waals surface area contributed by atoms with Gasteiger partial charge in [-0.25, -0.2) is 0 Å². The molecule has 2 heteroatoms. The third-order valence-electron chi connectivity index (χ3n) is 1.75. The molecule has 2 nitrogen and oxygen atoms in total. The van der Waals surface area contributed by atoms with Gasteiger partial charge in [0, 0.05) is 5.56 Å². The Morgan fingerprint density at radius 2 is 2.23 bits per heavy atom. The number of aromatic hydroxyl groups is 1. The SMILES string of the molecule is C=N/C(=C\CC)c1ccccc1O. The highest BCUT2D eigenvalue weighted by Gasteiger charge is 2.02. The molecule has 0 amide bonds. The molecule has 1 aromatic carbocycles. The molecule has 0 saturated carbocycles. The summed E-state index contributed by atoms with van der Waals surface area (Å²) in [5, 5.41) is 9.51. The van der Waals surface area contributed by atoms with Crippen LogP contribution in [0.15, 0.2) is 35.3 Å². The van der Waals surface area contributed by atoms with Gasteiger partial charge in [-0.05, 0) is 25.3 Å². The first-order valence-corrected chi connectivity index (χ1v) is 4.24. The van der Waals surface area contributed by atoms with Crippen LogP contribution in [0.1, 0.15) is 18.9 Å². The number of para-hydroxylation sites is 1. The Bertz CT molecular complexity index is 329. The second-order valence-corrected chi connectivity index (χ2v) is 2.67. The van der Waals surface area contributed by atoms with Gasteiger partial charge >= 0.3 is 0 Å². The minimum Gasteiger partial charge on any atom is -0.507 e. The summed E-state index contributed by atoms with van der Waals surface area (Å²) in [4.78, 5) is 3.86. The molecule has 0 fully saturated rings. The smallest absolute Gasteiger partial charge is 0.124 e. The third kappa shape index (κ3) is 2.18. The number of phenols is 1. The summed E-state index contributed by atoms with van der Waals surface area (Å²) in [6.45, 7) is 5.49. The van der Waals surface area contributed by atoms with Crippen molar-refractivity contribution in [3.8, 4) is 5.75 Å². The van der Waals surface area contributed by atoms with Crippen LogP contribution in [-0.2, 0) is 0 Å². The number of hydrogen-bond acceptors (Lipinski definition) is 2. The van der Waals surface area contributed by atoms with E-state index in [9.17, 15) is 5.11 Å². The zero-order valence-corrected chi connectivity index (χ0v) is 7.70. The Morgan fingerprint density at radius 1 is 1.54 bits per heavy atom. The lowest BCUT2D eigenvalue weighted by atomic mass is 10.1. The Hall–Kier alpha value is -1.57. The second-order valence-electron chi connectivity index (χ2n) is 2.67. The summed E-state index contributed by atoms with van der Waals surface area (Å²) >= 11 is 0. The number of rotatable bonds is 3. The molecule has 1 rings (SSSR count). The fourth-order valence-corrected chi connectivity index (χ4v) is 1.14. The lowest BCUT2D eigenvalue weighted by Gasteiger charge is -2.03. The normalized spacial score (nSPS) is 11.3. The predicted octanol–water partition coefficient (Wildman–Crippen LogP) is 2.84. The van der Waals surface area contributed by atoms with Crippen LogP contribution < -0.4 is 0 Å². The van der Waals surface area contributed by atoms with Gasteiger partial charge in [-0.2, -0.15) is 0 Å². The lowest BCUT2D eigenvalue weighted by molar-refractivity contribution is 0.473. The molecule has 0 spiro atoms. The van der Waals surface area contributed by atoms with Crippen molar-refractivity contribution in [2.24, 2.45) is 4.99 Å². The molecule has 0 radical (unpaired) electrons. The van der Waals surface area contributed by atoms with Gasteiger partial charge in [0.2, 0.25) is 0 Å². The molecule has 13 heavy (non-hydrogen) atoms. The van der Waals surface area contributed by atoms with Crippen LogP contribution in [-0.4, -0.2) is 11.8 Å². The minimum atomic E-state index is 0.245. The van der Waals surface area contributed by atoms with E-state index < -0.39 is 0 Å². The standard InChI is InChI=1S/C11H13NO/c1-3-6-10(12-2)9-7-4-5-8-11(9)13/h4-8,13H,2-3H2,1H3/b10-6-. The van der Waals surface area contributed by atoms with Crippen LogP contribution in [0.2, 0.25) is 0 Å². The molecule has 68 valence electrons. The topological polar surface area (TPSA) is 32.6 Å². The molecule has 0 unspecified atom stereocenters. The van der Waals surface area contributed by atoms with E-state index in [2.05, 4.69) is 11.7 Å². The van der Waals surface area contributed by atoms with Crippen LogP contribution >= 0.6 is 0 Å². The maximum atomic E-state index is 9.51. The molecule has 0 aliphatic rings. The summed E-state index contributed by atoms with van der Waals surface area (Å²) in [7, 11) is 0. The van der Waals surface area contributed by atoms with Gasteiger partial charge in [-0.1, -0.05) is 25.1 Å².